The van der Waals surface area contributed by atoms with Gasteiger partial charge in [0.05, 0.1) is 17.6 Å². The van der Waals surface area contributed by atoms with E-state index in [-0.39, 0.29) is 5.25 Å². The summed E-state index contributed by atoms with van der Waals surface area (Å²) < 4.78 is 7.43. The van der Waals surface area contributed by atoms with Gasteiger partial charge in [0.15, 0.2) is 16.8 Å². The van der Waals surface area contributed by atoms with Crippen LogP contribution in [0.3, 0.4) is 0 Å². The molecule has 0 radical (unpaired) electrons. The first-order valence-corrected chi connectivity index (χ1v) is 9.88. The predicted molar refractivity (Wildman–Crippen MR) is 106 cm³/mol. The highest BCUT2D eigenvalue weighted by molar-refractivity contribution is 7.99. The minimum atomic E-state index is -0.0744. The third kappa shape index (κ3) is 3.76. The van der Waals surface area contributed by atoms with E-state index in [0.717, 1.165) is 28.7 Å². The summed E-state index contributed by atoms with van der Waals surface area (Å²) in [6, 6.07) is 9.17. The molecule has 1 aromatic carbocycles. The van der Waals surface area contributed by atoms with Crippen molar-refractivity contribution in [1.82, 2.24) is 35.1 Å². The molecule has 0 bridgehead atoms. The van der Waals surface area contributed by atoms with Crippen molar-refractivity contribution in [3.05, 3.63) is 53.6 Å². The van der Waals surface area contributed by atoms with E-state index in [0.29, 0.717) is 16.7 Å². The molecule has 0 N–H and O–H groups in total. The summed E-state index contributed by atoms with van der Waals surface area (Å²) in [4.78, 5) is 4.51. The zero-order valence-corrected chi connectivity index (χ0v) is 16.7. The van der Waals surface area contributed by atoms with Crippen LogP contribution < -0.4 is 0 Å². The Hall–Kier alpha value is -2.78. The van der Waals surface area contributed by atoms with Crippen LogP contribution in [0.1, 0.15) is 24.9 Å². The quantitative estimate of drug-likeness (QED) is 0.431. The Labute approximate surface area is 170 Å². The van der Waals surface area contributed by atoms with Gasteiger partial charge >= 0.3 is 0 Å². The Morgan fingerprint density at radius 3 is 2.82 bits per heavy atom. The van der Waals surface area contributed by atoms with Gasteiger partial charge in [-0.05, 0) is 38.1 Å². The number of halogens is 1. The second-order valence-corrected chi connectivity index (χ2v) is 7.65. The van der Waals surface area contributed by atoms with Crippen LogP contribution in [0.4, 0.5) is 0 Å². The Bertz CT molecular complexity index is 1080. The number of hydrogen-bond acceptors (Lipinski definition) is 8. The topological polar surface area (TPSA) is 95.4 Å². The van der Waals surface area contributed by atoms with Crippen LogP contribution in [0, 0.1) is 0 Å². The molecule has 10 heteroatoms. The second kappa shape index (κ2) is 8.07. The van der Waals surface area contributed by atoms with Crippen LogP contribution in [0.15, 0.2) is 52.4 Å². The molecule has 142 valence electrons. The van der Waals surface area contributed by atoms with Crippen molar-refractivity contribution in [3.8, 4) is 22.8 Å². The molecule has 1 unspecified atom stereocenters. The third-order valence-electron chi connectivity index (χ3n) is 4.03. The van der Waals surface area contributed by atoms with Crippen LogP contribution in [0.5, 0.6) is 0 Å². The van der Waals surface area contributed by atoms with Crippen LogP contribution >= 0.6 is 23.4 Å². The first-order valence-electron chi connectivity index (χ1n) is 8.62. The SMILES string of the molecule is CCn1c(SC(C)c2noc(-c3cccc(Cl)c3)n2)nnc1-c1ccnnc1. The first kappa shape index (κ1) is 18.6. The predicted octanol–water partition coefficient (Wildman–Crippen LogP) is 4.31. The summed E-state index contributed by atoms with van der Waals surface area (Å²) in [5, 5.41) is 21.8. The summed E-state index contributed by atoms with van der Waals surface area (Å²) in [6.45, 7) is 4.77. The molecule has 0 amide bonds. The van der Waals surface area contributed by atoms with Gasteiger partial charge in [0.1, 0.15) is 0 Å². The fraction of sp³-hybridized carbons (Fsp3) is 0.222. The van der Waals surface area contributed by atoms with Gasteiger partial charge in [-0.15, -0.1) is 10.2 Å². The van der Waals surface area contributed by atoms with Crippen molar-refractivity contribution in [1.29, 1.82) is 0 Å². The van der Waals surface area contributed by atoms with Crippen LogP contribution in [0.25, 0.3) is 22.8 Å². The van der Waals surface area contributed by atoms with Crippen molar-refractivity contribution in [3.63, 3.8) is 0 Å². The fourth-order valence-corrected chi connectivity index (χ4v) is 3.79. The van der Waals surface area contributed by atoms with E-state index < -0.39 is 0 Å². The number of benzene rings is 1. The lowest BCUT2D eigenvalue weighted by molar-refractivity contribution is 0.423. The molecule has 0 aliphatic carbocycles. The molecule has 4 aromatic rings. The average molecular weight is 414 g/mol. The molecule has 0 aliphatic heterocycles. The molecule has 0 fully saturated rings. The standard InChI is InChI=1S/C18H16ClN7OS/c1-3-26-16(13-7-8-20-21-10-13)23-24-18(26)28-11(2)15-22-17(27-25-15)12-5-4-6-14(19)9-12/h4-11H,3H2,1-2H3. The van der Waals surface area contributed by atoms with Gasteiger partial charge in [-0.1, -0.05) is 34.6 Å². The van der Waals surface area contributed by atoms with Gasteiger partial charge in [-0.2, -0.15) is 15.2 Å². The highest BCUT2D eigenvalue weighted by atomic mass is 35.5. The smallest absolute Gasteiger partial charge is 0.258 e. The van der Waals surface area contributed by atoms with Crippen molar-refractivity contribution in [2.75, 3.05) is 0 Å². The van der Waals surface area contributed by atoms with E-state index in [2.05, 4.69) is 30.5 Å². The Balaban J connectivity index is 1.56. The van der Waals surface area contributed by atoms with Gasteiger partial charge in [-0.3, -0.25) is 0 Å². The Morgan fingerprint density at radius 2 is 2.07 bits per heavy atom. The maximum Gasteiger partial charge on any atom is 0.258 e. The monoisotopic (exact) mass is 413 g/mol. The van der Waals surface area contributed by atoms with Gasteiger partial charge in [0.2, 0.25) is 0 Å². The molecular weight excluding hydrogens is 398 g/mol. The third-order valence-corrected chi connectivity index (χ3v) is 5.35. The van der Waals surface area contributed by atoms with Crippen molar-refractivity contribution < 1.29 is 4.52 Å². The van der Waals surface area contributed by atoms with Crippen molar-refractivity contribution in [2.24, 2.45) is 0 Å². The van der Waals surface area contributed by atoms with Gasteiger partial charge in [-0.25, -0.2) is 0 Å². The van der Waals surface area contributed by atoms with Crippen LogP contribution in [0.2, 0.25) is 5.02 Å². The molecule has 1 atom stereocenters. The van der Waals surface area contributed by atoms with E-state index in [1.165, 1.54) is 11.8 Å². The minimum absolute atomic E-state index is 0.0744. The maximum atomic E-state index is 6.04. The zero-order valence-electron chi connectivity index (χ0n) is 15.2. The molecule has 0 saturated heterocycles. The minimum Gasteiger partial charge on any atom is -0.334 e. The molecule has 3 aromatic heterocycles. The summed E-state index contributed by atoms with van der Waals surface area (Å²) in [5.74, 6) is 1.77. The summed E-state index contributed by atoms with van der Waals surface area (Å²) in [7, 11) is 0. The molecule has 0 saturated carbocycles. The van der Waals surface area contributed by atoms with E-state index in [4.69, 9.17) is 16.1 Å². The molecule has 4 rings (SSSR count). The van der Waals surface area contributed by atoms with E-state index in [1.54, 1.807) is 24.5 Å². The molecular formula is C18H16ClN7OS. The molecule has 0 spiro atoms. The second-order valence-electron chi connectivity index (χ2n) is 5.91. The van der Waals surface area contributed by atoms with E-state index in [9.17, 15) is 0 Å². The molecule has 3 heterocycles. The van der Waals surface area contributed by atoms with Crippen molar-refractivity contribution in [2.45, 2.75) is 30.8 Å². The summed E-state index contributed by atoms with van der Waals surface area (Å²) >= 11 is 7.55. The van der Waals surface area contributed by atoms with Gasteiger partial charge in [0.25, 0.3) is 5.89 Å². The molecule has 28 heavy (non-hydrogen) atoms. The lowest BCUT2D eigenvalue weighted by Crippen LogP contribution is -2.02. The van der Waals surface area contributed by atoms with Crippen LogP contribution in [-0.4, -0.2) is 35.1 Å². The number of aromatic nitrogens is 7. The van der Waals surface area contributed by atoms with Crippen LogP contribution in [-0.2, 0) is 6.54 Å². The largest absolute Gasteiger partial charge is 0.334 e. The van der Waals surface area contributed by atoms with Gasteiger partial charge < -0.3 is 9.09 Å². The average Bonchev–Trinajstić information content (AvgIpc) is 3.36. The van der Waals surface area contributed by atoms with Crippen molar-refractivity contribution >= 4 is 23.4 Å². The highest BCUT2D eigenvalue weighted by Crippen LogP contribution is 2.35. The zero-order chi connectivity index (χ0) is 19.5. The van der Waals surface area contributed by atoms with Gasteiger partial charge in [0, 0.05) is 22.7 Å². The number of thioether (sulfide) groups is 1. The lowest BCUT2D eigenvalue weighted by Gasteiger charge is -2.09. The normalized spacial score (nSPS) is 12.2. The summed E-state index contributed by atoms with van der Waals surface area (Å²) in [5.41, 5.74) is 1.65. The Kier molecular flexibility index (Phi) is 5.36. The number of rotatable bonds is 6. The highest BCUT2D eigenvalue weighted by Gasteiger charge is 2.21. The number of nitrogens with zero attached hydrogens (tertiary/aromatic N) is 7. The fourth-order valence-electron chi connectivity index (χ4n) is 2.65. The first-order chi connectivity index (χ1) is 13.7. The lowest BCUT2D eigenvalue weighted by atomic mass is 10.2. The van der Waals surface area contributed by atoms with E-state index >= 15 is 0 Å². The molecule has 8 nitrogen and oxygen atoms in total. The Morgan fingerprint density at radius 1 is 1.18 bits per heavy atom. The molecule has 0 aliphatic rings. The maximum absolute atomic E-state index is 6.04. The van der Waals surface area contributed by atoms with E-state index in [1.807, 2.05) is 36.6 Å². The summed E-state index contributed by atoms with van der Waals surface area (Å²) in [6.07, 6.45) is 3.31. The number of hydrogen-bond donors (Lipinski definition) is 0.